The number of nitrogens with one attached hydrogen (secondary N) is 1. The average Bonchev–Trinajstić information content (AvgIpc) is 3.13. The van der Waals surface area contributed by atoms with Crippen molar-refractivity contribution in [1.82, 2.24) is 5.32 Å². The van der Waals surface area contributed by atoms with Gasteiger partial charge in [0.25, 0.3) is 0 Å². The molecular formula is C44H57NO12. The number of carbonyl (C=O) groups is 4. The molecule has 1 heterocycles. The molecule has 57 heavy (non-hydrogen) atoms. The molecule has 2 aromatic carbocycles. The molecule has 0 spiro atoms. The minimum absolute atomic E-state index is 0.0698. The maximum absolute atomic E-state index is 15.0. The van der Waals surface area contributed by atoms with E-state index in [0.29, 0.717) is 5.56 Å². The first-order valence-corrected chi connectivity index (χ1v) is 19.6. The van der Waals surface area contributed by atoms with E-state index in [1.807, 2.05) is 51.1 Å². The highest BCUT2D eigenvalue weighted by Crippen LogP contribution is 2.64. The van der Waals surface area contributed by atoms with Crippen LogP contribution in [-0.2, 0) is 44.7 Å². The third-order valence-corrected chi connectivity index (χ3v) is 12.9. The van der Waals surface area contributed by atoms with Crippen LogP contribution in [0.15, 0.2) is 71.8 Å². The molecule has 1 amide bonds. The molecule has 3 fully saturated rings. The van der Waals surface area contributed by atoms with Crippen molar-refractivity contribution in [3.63, 3.8) is 0 Å². The average molecular weight is 792 g/mol. The van der Waals surface area contributed by atoms with Gasteiger partial charge in [-0.2, -0.15) is 0 Å². The van der Waals surface area contributed by atoms with Crippen molar-refractivity contribution in [2.24, 2.45) is 22.2 Å². The third kappa shape index (κ3) is 7.36. The molecule has 1 saturated heterocycles. The first kappa shape index (κ1) is 42.6. The highest BCUT2D eigenvalue weighted by molar-refractivity contribution is 5.93. The second-order valence-corrected chi connectivity index (χ2v) is 18.3. The van der Waals surface area contributed by atoms with Crippen molar-refractivity contribution in [3.8, 4) is 0 Å². The number of aliphatic hydroxyl groups excluding tert-OH is 3. The van der Waals surface area contributed by atoms with E-state index in [1.54, 1.807) is 51.1 Å². The molecule has 13 nitrogen and oxygen atoms in total. The Bertz CT molecular complexity index is 1890. The summed E-state index contributed by atoms with van der Waals surface area (Å²) in [5, 5.41) is 52.0. The number of hydrogen-bond acceptors (Lipinski definition) is 12. The normalized spacial score (nSPS) is 34.3. The first-order valence-electron chi connectivity index (χ1n) is 19.6. The molecule has 5 N–H and O–H groups in total. The molecule has 6 rings (SSSR count). The highest BCUT2D eigenvalue weighted by atomic mass is 16.6. The lowest BCUT2D eigenvalue weighted by Gasteiger charge is -2.67. The van der Waals surface area contributed by atoms with Crippen LogP contribution in [0.1, 0.15) is 91.8 Å². The van der Waals surface area contributed by atoms with Gasteiger partial charge in [0.2, 0.25) is 5.91 Å². The Hall–Kier alpha value is -3.98. The van der Waals surface area contributed by atoms with Crippen LogP contribution in [0.3, 0.4) is 0 Å². The van der Waals surface area contributed by atoms with E-state index in [4.69, 9.17) is 18.9 Å². The van der Waals surface area contributed by atoms with E-state index in [-0.39, 0.29) is 49.0 Å². The van der Waals surface area contributed by atoms with Crippen LogP contribution >= 0.6 is 0 Å². The smallest absolute Gasteiger partial charge is 0.338 e. The van der Waals surface area contributed by atoms with Gasteiger partial charge in [-0.15, -0.1) is 0 Å². The number of carbonyl (C=O) groups excluding carboxylic acids is 4. The Balaban J connectivity index is 1.46. The molecular weight excluding hydrogens is 734 g/mol. The van der Waals surface area contributed by atoms with E-state index in [9.17, 15) is 39.6 Å². The number of esters is 2. The van der Waals surface area contributed by atoms with Gasteiger partial charge in [0.1, 0.15) is 23.9 Å². The standard InChI is InChI=1S/C44H57NO12/c1-24-28(56-39(52)35(50)33(27-17-13-10-14-18-27)45-31(48)21-40(3,4)5)20-44(53)38(54-22-26-15-11-9-12-16-26)36-42(8,37(51)34(49)32(24)41(44,6)7)29(47)19-30-43(36,23-55-30)57-25(2)46/h9-18,28-30,33-36,38,47,49-50,53H,19-23H2,1-8H3,(H,45,48)/t28-,29+,30+,33-,34+,35+,36?,38-,42+,43-,44+/m0/s1. The van der Waals surface area contributed by atoms with E-state index in [2.05, 4.69) is 5.32 Å². The minimum atomic E-state index is -2.09. The number of ketones is 1. The van der Waals surface area contributed by atoms with Crippen LogP contribution in [0.5, 0.6) is 0 Å². The van der Waals surface area contributed by atoms with Crippen LogP contribution in [0.25, 0.3) is 0 Å². The largest absolute Gasteiger partial charge is 0.456 e. The zero-order chi connectivity index (χ0) is 41.9. The van der Waals surface area contributed by atoms with E-state index < -0.39 is 94.2 Å². The van der Waals surface area contributed by atoms with Crippen LogP contribution in [-0.4, -0.2) is 98.5 Å². The van der Waals surface area contributed by atoms with Gasteiger partial charge in [0.15, 0.2) is 17.5 Å². The Morgan fingerprint density at radius 2 is 1.61 bits per heavy atom. The van der Waals surface area contributed by atoms with Gasteiger partial charge < -0.3 is 44.7 Å². The number of ether oxygens (including phenoxy) is 4. The molecule has 3 aliphatic carbocycles. The summed E-state index contributed by atoms with van der Waals surface area (Å²) in [5.74, 6) is -4.24. The number of fused-ring (bicyclic) bond motifs is 5. The Morgan fingerprint density at radius 1 is 1.00 bits per heavy atom. The topological polar surface area (TPSA) is 198 Å². The van der Waals surface area contributed by atoms with Crippen molar-refractivity contribution in [3.05, 3.63) is 82.9 Å². The monoisotopic (exact) mass is 791 g/mol. The molecule has 1 aliphatic heterocycles. The summed E-state index contributed by atoms with van der Waals surface area (Å²) in [5.41, 5.74) is -5.80. The van der Waals surface area contributed by atoms with Crippen LogP contribution in [0, 0.1) is 22.2 Å². The lowest BCUT2D eigenvalue weighted by atomic mass is 9.44. The SMILES string of the molecule is CC(=O)O[C@@]12CO[C@@H]1C[C@@H](O)[C@@]1(C)C(=O)[C@H](O)C3=C(C)[C@@H](OC(=O)[C@H](O)[C@@H](NC(=O)CC(C)(C)C)c4ccccc4)C[C@@](O)([C@@H](OCc4ccccc4)C12)C3(C)C. The third-order valence-electron chi connectivity index (χ3n) is 12.9. The molecule has 0 radical (unpaired) electrons. The van der Waals surface area contributed by atoms with Crippen molar-refractivity contribution in [2.75, 3.05) is 6.61 Å². The van der Waals surface area contributed by atoms with Crippen molar-refractivity contribution >= 4 is 23.6 Å². The molecule has 2 saturated carbocycles. The van der Waals surface area contributed by atoms with Gasteiger partial charge in [-0.1, -0.05) is 95.3 Å². The quantitative estimate of drug-likeness (QED) is 0.173. The molecule has 310 valence electrons. The lowest BCUT2D eigenvalue weighted by molar-refractivity contribution is -0.351. The predicted octanol–water partition coefficient (Wildman–Crippen LogP) is 3.65. The number of rotatable bonds is 10. The molecule has 2 bridgehead atoms. The Labute approximate surface area is 333 Å². The minimum Gasteiger partial charge on any atom is -0.456 e. The molecule has 2 aromatic rings. The Kier molecular flexibility index (Phi) is 11.5. The maximum Gasteiger partial charge on any atom is 0.338 e. The summed E-state index contributed by atoms with van der Waals surface area (Å²) in [6.07, 6.45) is -9.11. The molecule has 0 aromatic heterocycles. The van der Waals surface area contributed by atoms with E-state index >= 15 is 0 Å². The predicted molar refractivity (Wildman–Crippen MR) is 206 cm³/mol. The zero-order valence-corrected chi connectivity index (χ0v) is 34.0. The fraction of sp³-hybridized carbons (Fsp3) is 0.591. The number of aliphatic hydroxyl groups is 4. The van der Waals surface area contributed by atoms with E-state index in [0.717, 1.165) is 5.56 Å². The zero-order valence-electron chi connectivity index (χ0n) is 34.0. The van der Waals surface area contributed by atoms with Gasteiger partial charge in [0.05, 0.1) is 36.9 Å². The van der Waals surface area contributed by atoms with Crippen LogP contribution in [0.2, 0.25) is 0 Å². The molecule has 1 unspecified atom stereocenters. The van der Waals surface area contributed by atoms with Crippen molar-refractivity contribution in [2.45, 2.75) is 135 Å². The summed E-state index contributed by atoms with van der Waals surface area (Å²) >= 11 is 0. The van der Waals surface area contributed by atoms with Crippen molar-refractivity contribution < 1.29 is 58.6 Å². The van der Waals surface area contributed by atoms with E-state index in [1.165, 1.54) is 13.8 Å². The van der Waals surface area contributed by atoms with Crippen LogP contribution in [0.4, 0.5) is 0 Å². The fourth-order valence-electron chi connectivity index (χ4n) is 9.90. The van der Waals surface area contributed by atoms with Gasteiger partial charge >= 0.3 is 11.9 Å². The second-order valence-electron chi connectivity index (χ2n) is 18.3. The highest BCUT2D eigenvalue weighted by Gasteiger charge is 2.77. The molecule has 4 aliphatic rings. The number of benzene rings is 2. The van der Waals surface area contributed by atoms with Gasteiger partial charge in [-0.25, -0.2) is 4.79 Å². The van der Waals surface area contributed by atoms with Crippen molar-refractivity contribution in [1.29, 1.82) is 0 Å². The fourth-order valence-corrected chi connectivity index (χ4v) is 9.90. The summed E-state index contributed by atoms with van der Waals surface area (Å²) < 4.78 is 24.8. The number of hydrogen-bond donors (Lipinski definition) is 5. The first-order chi connectivity index (χ1) is 26.6. The second kappa shape index (κ2) is 15.3. The number of Topliss-reactive ketones (excluding diaryl/α,β-unsaturated/α-hetero) is 1. The van der Waals surface area contributed by atoms with Gasteiger partial charge in [0, 0.05) is 37.5 Å². The molecule has 11 atom stereocenters. The molecule has 13 heteroatoms. The lowest BCUT2D eigenvalue weighted by Crippen LogP contribution is -2.81. The van der Waals surface area contributed by atoms with Crippen LogP contribution < -0.4 is 5.32 Å². The summed E-state index contributed by atoms with van der Waals surface area (Å²) in [7, 11) is 0. The maximum atomic E-state index is 15.0. The Morgan fingerprint density at radius 3 is 2.18 bits per heavy atom. The summed E-state index contributed by atoms with van der Waals surface area (Å²) in [6, 6.07) is 16.4. The van der Waals surface area contributed by atoms with Gasteiger partial charge in [-0.3, -0.25) is 14.4 Å². The summed E-state index contributed by atoms with van der Waals surface area (Å²) in [6.45, 7) is 13.1. The number of amides is 1. The summed E-state index contributed by atoms with van der Waals surface area (Å²) in [4.78, 5) is 55.1. The van der Waals surface area contributed by atoms with Gasteiger partial charge in [-0.05, 0) is 41.5 Å².